The molecule has 3 atom stereocenters. The summed E-state index contributed by atoms with van der Waals surface area (Å²) in [4.78, 5) is 40.1. The van der Waals surface area contributed by atoms with Crippen LogP contribution in [0.4, 0.5) is 0 Å². The first-order valence-corrected chi connectivity index (χ1v) is 36.1. The van der Waals surface area contributed by atoms with E-state index < -0.39 is 20.0 Å². The number of ether oxygens (including phenoxy) is 1. The Labute approximate surface area is 502 Å². The highest BCUT2D eigenvalue weighted by Gasteiger charge is 2.27. The first-order chi connectivity index (χ1) is 39.4. The van der Waals surface area contributed by atoms with E-state index in [9.17, 15) is 19.0 Å². The van der Waals surface area contributed by atoms with E-state index in [1.54, 1.807) is 0 Å². The molecule has 81 heavy (non-hydrogen) atoms. The molecule has 474 valence electrons. The van der Waals surface area contributed by atoms with Gasteiger partial charge in [-0.2, -0.15) is 0 Å². The largest absolute Gasteiger partial charge is 0.756 e. The highest BCUT2D eigenvalue weighted by molar-refractivity contribution is 7.45. The predicted molar refractivity (Wildman–Crippen MR) is 349 cm³/mol. The van der Waals surface area contributed by atoms with E-state index in [0.717, 1.165) is 70.6 Å². The molecular formula is C71H133N2O7P. The maximum atomic E-state index is 13.6. The van der Waals surface area contributed by atoms with Gasteiger partial charge in [0.25, 0.3) is 7.82 Å². The van der Waals surface area contributed by atoms with Crippen molar-refractivity contribution in [1.82, 2.24) is 5.32 Å². The van der Waals surface area contributed by atoms with Crippen molar-refractivity contribution < 1.29 is 37.3 Å². The smallest absolute Gasteiger partial charge is 0.306 e. The molecular weight excluding hydrogens is 1020 g/mol. The highest BCUT2D eigenvalue weighted by atomic mass is 31.2. The second-order valence-corrected chi connectivity index (χ2v) is 26.1. The fourth-order valence-electron chi connectivity index (χ4n) is 10.1. The third-order valence-electron chi connectivity index (χ3n) is 15.4. The molecule has 0 aromatic carbocycles. The van der Waals surface area contributed by atoms with Crippen molar-refractivity contribution in [2.45, 2.75) is 341 Å². The van der Waals surface area contributed by atoms with Crippen molar-refractivity contribution in [3.8, 4) is 0 Å². The van der Waals surface area contributed by atoms with Crippen molar-refractivity contribution in [2.75, 3.05) is 40.9 Å². The van der Waals surface area contributed by atoms with Crippen LogP contribution < -0.4 is 10.2 Å². The summed E-state index contributed by atoms with van der Waals surface area (Å²) in [6, 6.07) is -0.890. The van der Waals surface area contributed by atoms with E-state index in [-0.39, 0.29) is 31.5 Å². The fourth-order valence-corrected chi connectivity index (χ4v) is 10.8. The Hall–Kier alpha value is -2.29. The minimum Gasteiger partial charge on any atom is -0.756 e. The van der Waals surface area contributed by atoms with Gasteiger partial charge in [-0.1, -0.05) is 281 Å². The molecule has 0 heterocycles. The molecule has 0 fully saturated rings. The zero-order chi connectivity index (χ0) is 59.3. The first-order valence-electron chi connectivity index (χ1n) is 34.6. The van der Waals surface area contributed by atoms with Gasteiger partial charge in [-0.05, 0) is 96.0 Å². The van der Waals surface area contributed by atoms with Crippen molar-refractivity contribution in [3.05, 3.63) is 60.8 Å². The van der Waals surface area contributed by atoms with E-state index in [1.807, 2.05) is 33.3 Å². The van der Waals surface area contributed by atoms with Gasteiger partial charge in [0.05, 0.1) is 33.8 Å². The molecule has 0 aliphatic rings. The van der Waals surface area contributed by atoms with E-state index >= 15 is 0 Å². The number of nitrogens with zero attached hydrogens (tertiary/aromatic N) is 1. The Morgan fingerprint density at radius 2 is 0.753 bits per heavy atom. The molecule has 0 saturated carbocycles. The Balaban J connectivity index is 5.05. The fraction of sp³-hybridized carbons (Fsp3) is 0.831. The van der Waals surface area contributed by atoms with E-state index in [4.69, 9.17) is 13.8 Å². The van der Waals surface area contributed by atoms with Crippen LogP contribution in [0.1, 0.15) is 329 Å². The van der Waals surface area contributed by atoms with E-state index in [2.05, 4.69) is 74.7 Å². The highest BCUT2D eigenvalue weighted by Crippen LogP contribution is 2.38. The summed E-state index contributed by atoms with van der Waals surface area (Å²) >= 11 is 0. The number of esters is 1. The molecule has 9 nitrogen and oxygen atoms in total. The van der Waals surface area contributed by atoms with Crippen LogP contribution in [0, 0.1) is 0 Å². The topological polar surface area (TPSA) is 114 Å². The monoisotopic (exact) mass is 1160 g/mol. The lowest BCUT2D eigenvalue weighted by atomic mass is 10.0. The number of nitrogens with one attached hydrogen (secondary N) is 1. The second kappa shape index (κ2) is 60.8. The minimum absolute atomic E-state index is 0.0227. The number of unbranched alkanes of at least 4 members (excludes halogenated alkanes) is 39. The number of phosphoric ester groups is 1. The van der Waals surface area contributed by atoms with Gasteiger partial charge in [0.1, 0.15) is 19.3 Å². The summed E-state index contributed by atoms with van der Waals surface area (Å²) in [6.07, 6.45) is 77.6. The molecule has 1 amide bonds. The average Bonchev–Trinajstić information content (AvgIpc) is 3.43. The Morgan fingerprint density at radius 3 is 1.14 bits per heavy atom. The van der Waals surface area contributed by atoms with Crippen LogP contribution in [-0.4, -0.2) is 69.4 Å². The van der Waals surface area contributed by atoms with Gasteiger partial charge in [-0.15, -0.1) is 0 Å². The van der Waals surface area contributed by atoms with Crippen LogP contribution in [0.2, 0.25) is 0 Å². The summed E-state index contributed by atoms with van der Waals surface area (Å²) in [5, 5.41) is 3.04. The molecule has 0 rings (SSSR count). The predicted octanol–water partition coefficient (Wildman–Crippen LogP) is 21.2. The Morgan fingerprint density at radius 1 is 0.432 bits per heavy atom. The molecule has 0 aromatic rings. The Bertz CT molecular complexity index is 1570. The molecule has 0 aromatic heterocycles. The molecule has 0 bridgehead atoms. The molecule has 0 spiro atoms. The summed E-state index contributed by atoms with van der Waals surface area (Å²) in [5.41, 5.74) is 0. The van der Waals surface area contributed by atoms with Crippen molar-refractivity contribution in [1.29, 1.82) is 0 Å². The van der Waals surface area contributed by atoms with Crippen LogP contribution in [0.3, 0.4) is 0 Å². The summed E-state index contributed by atoms with van der Waals surface area (Å²) in [7, 11) is 1.19. The number of quaternary nitrogens is 1. The molecule has 1 N–H and O–H groups in total. The maximum Gasteiger partial charge on any atom is 0.306 e. The average molecular weight is 1160 g/mol. The lowest BCUT2D eigenvalue weighted by molar-refractivity contribution is -0.870. The summed E-state index contributed by atoms with van der Waals surface area (Å²) in [5.74, 6) is -0.534. The lowest BCUT2D eigenvalue weighted by Crippen LogP contribution is -2.47. The maximum absolute atomic E-state index is 13.6. The number of allylic oxidation sites excluding steroid dienone is 9. The van der Waals surface area contributed by atoms with Crippen molar-refractivity contribution in [2.24, 2.45) is 0 Å². The molecule has 10 heteroatoms. The second-order valence-electron chi connectivity index (χ2n) is 24.7. The van der Waals surface area contributed by atoms with Gasteiger partial charge in [0.2, 0.25) is 5.91 Å². The number of phosphoric acid groups is 1. The van der Waals surface area contributed by atoms with Gasteiger partial charge in [-0.3, -0.25) is 14.2 Å². The molecule has 0 aliphatic carbocycles. The number of hydrogen-bond acceptors (Lipinski definition) is 7. The number of carbonyl (C=O) groups excluding carboxylic acids is 2. The zero-order valence-corrected chi connectivity index (χ0v) is 55.1. The third-order valence-corrected chi connectivity index (χ3v) is 16.4. The number of amides is 1. The van der Waals surface area contributed by atoms with E-state index in [1.165, 1.54) is 225 Å². The number of hydrogen-bond donors (Lipinski definition) is 1. The zero-order valence-electron chi connectivity index (χ0n) is 54.2. The number of likely N-dealkylation sites (N-methyl/N-ethyl adjacent to an activating group) is 1. The van der Waals surface area contributed by atoms with Gasteiger partial charge in [0.15, 0.2) is 0 Å². The summed E-state index contributed by atoms with van der Waals surface area (Å²) in [6.45, 7) is 6.82. The van der Waals surface area contributed by atoms with Gasteiger partial charge < -0.3 is 28.5 Å². The van der Waals surface area contributed by atoms with Crippen LogP contribution in [0.5, 0.6) is 0 Å². The summed E-state index contributed by atoms with van der Waals surface area (Å²) < 4.78 is 30.4. The SMILES string of the molecule is CCCCC/C=C\C/C=C\CCCCCCCCCCCCCCCC(=O)NC(COP(=O)([O-])OCC[N+](C)(C)C)C(/C=C/CCCCCCCCCCC)OC(=O)CCCCCCCCCCCCC/C=C\C/C=C\CCCCC. The first kappa shape index (κ1) is 78.7. The van der Waals surface area contributed by atoms with E-state index in [0.29, 0.717) is 17.4 Å². The number of rotatable bonds is 63. The van der Waals surface area contributed by atoms with Crippen LogP contribution >= 0.6 is 7.82 Å². The standard InChI is InChI=1S/C71H133N2O7P/c1-7-10-13-16-19-22-25-27-29-31-33-35-36-38-39-41-43-45-48-51-54-57-60-63-70(74)72-68(67-79-81(76,77)78-66-65-73(4,5)6)69(62-59-56-53-50-47-24-21-18-15-12-9-3)80-71(75)64-61-58-55-52-49-46-44-42-40-37-34-32-30-28-26-23-20-17-14-11-8-2/h19-20,22-23,27-30,59,62,68-69H,7-18,21,24-26,31-58,60-61,63-67H2,1-6H3,(H-,72,74,76,77)/b22-19-,23-20-,29-27-,30-28-,62-59+. The van der Waals surface area contributed by atoms with Crippen molar-refractivity contribution >= 4 is 19.7 Å². The van der Waals surface area contributed by atoms with Crippen LogP contribution in [-0.2, 0) is 27.9 Å². The minimum atomic E-state index is -4.70. The number of carbonyl (C=O) groups is 2. The normalized spacial score (nSPS) is 13.9. The van der Waals surface area contributed by atoms with Crippen LogP contribution in [0.25, 0.3) is 0 Å². The Kier molecular flexibility index (Phi) is 59.1. The van der Waals surface area contributed by atoms with Crippen molar-refractivity contribution in [3.63, 3.8) is 0 Å². The van der Waals surface area contributed by atoms with Gasteiger partial charge in [-0.25, -0.2) is 0 Å². The lowest BCUT2D eigenvalue weighted by Gasteiger charge is -2.30. The third kappa shape index (κ3) is 62.1. The molecule has 0 radical (unpaired) electrons. The molecule has 0 saturated heterocycles. The van der Waals surface area contributed by atoms with Gasteiger partial charge in [0, 0.05) is 12.8 Å². The molecule has 3 unspecified atom stereocenters. The quantitative estimate of drug-likeness (QED) is 0.0212. The van der Waals surface area contributed by atoms with Gasteiger partial charge >= 0.3 is 5.97 Å². The molecule has 0 aliphatic heterocycles. The van der Waals surface area contributed by atoms with Crippen LogP contribution in [0.15, 0.2) is 60.8 Å².